The van der Waals surface area contributed by atoms with Crippen molar-refractivity contribution in [3.8, 4) is 5.75 Å². The summed E-state index contributed by atoms with van der Waals surface area (Å²) < 4.78 is 33.5. The first-order chi connectivity index (χ1) is 12.4. The van der Waals surface area contributed by atoms with E-state index in [4.69, 9.17) is 4.74 Å². The first-order valence-electron chi connectivity index (χ1n) is 9.41. The van der Waals surface area contributed by atoms with Crippen molar-refractivity contribution in [2.75, 3.05) is 25.1 Å². The average Bonchev–Trinajstić information content (AvgIpc) is 3.07. The molecule has 0 radical (unpaired) electrons. The number of ether oxygens (including phenoxy) is 1. The van der Waals surface area contributed by atoms with Crippen LogP contribution < -0.4 is 14.4 Å². The van der Waals surface area contributed by atoms with Crippen LogP contribution >= 0.6 is 0 Å². The number of unbranched alkanes of at least 4 members (excludes halogenated alkanes) is 1. The molecule has 0 aliphatic carbocycles. The number of anilines is 1. The Bertz CT molecular complexity index is 718. The Hall–Kier alpha value is -1.60. The van der Waals surface area contributed by atoms with Gasteiger partial charge in [-0.25, -0.2) is 13.1 Å². The highest BCUT2D eigenvalue weighted by Crippen LogP contribution is 2.33. The van der Waals surface area contributed by atoms with E-state index in [1.807, 2.05) is 0 Å². The molecule has 26 heavy (non-hydrogen) atoms. The third-order valence-electron chi connectivity index (χ3n) is 4.93. The van der Waals surface area contributed by atoms with Crippen molar-refractivity contribution in [2.45, 2.75) is 57.3 Å². The maximum Gasteiger partial charge on any atom is 0.240 e. The number of nitrogens with zero attached hydrogens (tertiary/aromatic N) is 1. The molecule has 1 aromatic carbocycles. The second-order valence-electron chi connectivity index (χ2n) is 6.75. The minimum atomic E-state index is -3.63. The van der Waals surface area contributed by atoms with Crippen molar-refractivity contribution in [2.24, 2.45) is 5.92 Å². The number of amides is 1. The highest BCUT2D eigenvalue weighted by molar-refractivity contribution is 7.89. The summed E-state index contributed by atoms with van der Waals surface area (Å²) in [7, 11) is -2.11. The quantitative estimate of drug-likeness (QED) is 0.673. The SMILES string of the molecule is CCCC[C@H](CC)CNS(=O)(=O)c1ccc(OC)c(N2CCCC2=O)c1. The molecule has 0 aromatic heterocycles. The number of hydrogen-bond acceptors (Lipinski definition) is 4. The van der Waals surface area contributed by atoms with Gasteiger partial charge in [0.2, 0.25) is 15.9 Å². The fourth-order valence-electron chi connectivity index (χ4n) is 3.20. The fourth-order valence-corrected chi connectivity index (χ4v) is 4.34. The summed E-state index contributed by atoms with van der Waals surface area (Å²) in [5.41, 5.74) is 0.524. The Morgan fingerprint density at radius 2 is 2.08 bits per heavy atom. The van der Waals surface area contributed by atoms with Gasteiger partial charge in [-0.15, -0.1) is 0 Å². The van der Waals surface area contributed by atoms with Gasteiger partial charge in [-0.05, 0) is 37.0 Å². The number of carbonyl (C=O) groups excluding carboxylic acids is 1. The van der Waals surface area contributed by atoms with E-state index < -0.39 is 10.0 Å². The van der Waals surface area contributed by atoms with Crippen LogP contribution in [-0.4, -0.2) is 34.5 Å². The second-order valence-corrected chi connectivity index (χ2v) is 8.52. The molecule has 6 nitrogen and oxygen atoms in total. The van der Waals surface area contributed by atoms with Crippen molar-refractivity contribution in [3.63, 3.8) is 0 Å². The van der Waals surface area contributed by atoms with E-state index >= 15 is 0 Å². The molecule has 7 heteroatoms. The van der Waals surface area contributed by atoms with Crippen LogP contribution in [0.2, 0.25) is 0 Å². The van der Waals surface area contributed by atoms with Gasteiger partial charge in [0.1, 0.15) is 5.75 Å². The third-order valence-corrected chi connectivity index (χ3v) is 6.35. The normalized spacial score (nSPS) is 16.1. The standard InChI is InChI=1S/C19H30N2O4S/c1-4-6-8-15(5-2)14-20-26(23,24)16-10-11-18(25-3)17(13-16)21-12-7-9-19(21)22/h10-11,13,15,20H,4-9,12,14H2,1-3H3/t15-/m0/s1. The molecule has 1 fully saturated rings. The Balaban J connectivity index is 2.19. The number of benzene rings is 1. The molecule has 146 valence electrons. The van der Waals surface area contributed by atoms with Crippen LogP contribution in [0.3, 0.4) is 0 Å². The minimum Gasteiger partial charge on any atom is -0.495 e. The molecule has 0 unspecified atom stereocenters. The summed E-state index contributed by atoms with van der Waals surface area (Å²) in [5.74, 6) is 0.840. The molecule has 0 bridgehead atoms. The van der Waals surface area contributed by atoms with Crippen molar-refractivity contribution >= 4 is 21.6 Å². The number of rotatable bonds is 10. The molecule has 1 heterocycles. The van der Waals surface area contributed by atoms with E-state index in [-0.39, 0.29) is 10.8 Å². The zero-order chi connectivity index (χ0) is 19.2. The minimum absolute atomic E-state index is 0.00332. The zero-order valence-electron chi connectivity index (χ0n) is 16.0. The van der Waals surface area contributed by atoms with Gasteiger partial charge in [-0.2, -0.15) is 0 Å². The number of nitrogens with one attached hydrogen (secondary N) is 1. The van der Waals surface area contributed by atoms with Crippen molar-refractivity contribution < 1.29 is 17.9 Å². The Kier molecular flexibility index (Phi) is 7.46. The first-order valence-corrected chi connectivity index (χ1v) is 10.9. The van der Waals surface area contributed by atoms with Crippen molar-refractivity contribution in [1.29, 1.82) is 0 Å². The van der Waals surface area contributed by atoms with Gasteiger partial charge in [0, 0.05) is 19.5 Å². The lowest BCUT2D eigenvalue weighted by Crippen LogP contribution is -2.30. The summed E-state index contributed by atoms with van der Waals surface area (Å²) >= 11 is 0. The Labute approximate surface area is 157 Å². The summed E-state index contributed by atoms with van der Waals surface area (Å²) in [5, 5.41) is 0. The molecule has 1 aromatic rings. The van der Waals surface area contributed by atoms with Gasteiger partial charge in [-0.1, -0.05) is 33.1 Å². The molecule has 1 aliphatic rings. The average molecular weight is 383 g/mol. The highest BCUT2D eigenvalue weighted by Gasteiger charge is 2.26. The van der Waals surface area contributed by atoms with Crippen molar-refractivity contribution in [1.82, 2.24) is 4.72 Å². The van der Waals surface area contributed by atoms with Crippen LogP contribution in [0.15, 0.2) is 23.1 Å². The van der Waals surface area contributed by atoms with E-state index in [2.05, 4.69) is 18.6 Å². The van der Waals surface area contributed by atoms with Crippen LogP contribution in [0.4, 0.5) is 5.69 Å². The van der Waals surface area contributed by atoms with E-state index in [1.54, 1.807) is 11.0 Å². The van der Waals surface area contributed by atoms with E-state index in [0.29, 0.717) is 36.9 Å². The van der Waals surface area contributed by atoms with Gasteiger partial charge in [0.25, 0.3) is 0 Å². The maximum atomic E-state index is 12.7. The molecule has 0 saturated carbocycles. The maximum absolute atomic E-state index is 12.7. The van der Waals surface area contributed by atoms with Crippen LogP contribution in [0, 0.1) is 5.92 Å². The number of carbonyl (C=O) groups is 1. The van der Waals surface area contributed by atoms with Crippen LogP contribution in [0.1, 0.15) is 52.4 Å². The van der Waals surface area contributed by atoms with E-state index in [9.17, 15) is 13.2 Å². The van der Waals surface area contributed by atoms with Gasteiger partial charge >= 0.3 is 0 Å². The molecule has 1 atom stereocenters. The molecule has 1 aliphatic heterocycles. The van der Waals surface area contributed by atoms with Crippen LogP contribution in [0.5, 0.6) is 5.75 Å². The first kappa shape index (κ1) is 20.7. The topological polar surface area (TPSA) is 75.7 Å². The summed E-state index contributed by atoms with van der Waals surface area (Å²) in [6, 6.07) is 4.68. The molecule has 2 rings (SSSR count). The van der Waals surface area contributed by atoms with Crippen LogP contribution in [0.25, 0.3) is 0 Å². The molecule has 1 amide bonds. The number of hydrogen-bond donors (Lipinski definition) is 1. The molecule has 1 saturated heterocycles. The monoisotopic (exact) mass is 382 g/mol. The van der Waals surface area contributed by atoms with Gasteiger partial charge in [0.15, 0.2) is 0 Å². The summed E-state index contributed by atoms with van der Waals surface area (Å²) in [6.07, 6.45) is 5.42. The Morgan fingerprint density at radius 1 is 1.31 bits per heavy atom. The van der Waals surface area contributed by atoms with E-state index in [0.717, 1.165) is 32.1 Å². The smallest absolute Gasteiger partial charge is 0.240 e. The highest BCUT2D eigenvalue weighted by atomic mass is 32.2. The molecule has 1 N–H and O–H groups in total. The van der Waals surface area contributed by atoms with Crippen LogP contribution in [-0.2, 0) is 14.8 Å². The molecular weight excluding hydrogens is 352 g/mol. The number of methoxy groups -OCH3 is 1. The van der Waals surface area contributed by atoms with E-state index in [1.165, 1.54) is 19.2 Å². The van der Waals surface area contributed by atoms with Crippen molar-refractivity contribution in [3.05, 3.63) is 18.2 Å². The van der Waals surface area contributed by atoms with Gasteiger partial charge in [-0.3, -0.25) is 4.79 Å². The lowest BCUT2D eigenvalue weighted by Gasteiger charge is -2.20. The Morgan fingerprint density at radius 3 is 2.65 bits per heavy atom. The summed E-state index contributed by atoms with van der Waals surface area (Å²) in [6.45, 7) is 5.23. The lowest BCUT2D eigenvalue weighted by atomic mass is 10.00. The van der Waals surface area contributed by atoms with Gasteiger partial charge in [0.05, 0.1) is 17.7 Å². The molecular formula is C19H30N2O4S. The number of sulfonamides is 1. The zero-order valence-corrected chi connectivity index (χ0v) is 16.8. The second kappa shape index (κ2) is 9.37. The predicted molar refractivity (Wildman–Crippen MR) is 103 cm³/mol. The van der Waals surface area contributed by atoms with Gasteiger partial charge < -0.3 is 9.64 Å². The predicted octanol–water partition coefficient (Wildman–Crippen LogP) is 3.32. The summed E-state index contributed by atoms with van der Waals surface area (Å²) in [4.78, 5) is 13.8. The fraction of sp³-hybridized carbons (Fsp3) is 0.632. The largest absolute Gasteiger partial charge is 0.495 e. The molecule has 0 spiro atoms. The third kappa shape index (κ3) is 4.98. The lowest BCUT2D eigenvalue weighted by molar-refractivity contribution is -0.117.